The van der Waals surface area contributed by atoms with Gasteiger partial charge in [0.1, 0.15) is 53.0 Å². The normalized spacial score (nSPS) is 17.3. The molecule has 5 aromatic rings. The predicted octanol–water partition coefficient (Wildman–Crippen LogP) is 16.7. The number of esters is 1. The molecular weight excluding hydrogens is 2110 g/mol. The summed E-state index contributed by atoms with van der Waals surface area (Å²) in [6, 6.07) is 18.9. The van der Waals surface area contributed by atoms with Gasteiger partial charge in [0.05, 0.1) is 36.0 Å². The second-order valence-electron chi connectivity index (χ2n) is 32.4. The number of nitrogens with zero attached hydrogens (tertiary/aromatic N) is 4. The van der Waals surface area contributed by atoms with Crippen molar-refractivity contribution in [2.75, 3.05) is 105 Å². The number of quaternary nitrogens is 1. The number of carbonyl (C=O) groups is 5. The van der Waals surface area contributed by atoms with Crippen molar-refractivity contribution in [2.45, 2.75) is 224 Å². The van der Waals surface area contributed by atoms with Gasteiger partial charge in [-0.2, -0.15) is 30.8 Å². The average molecular weight is 2250 g/mol. The molecule has 35 heteroatoms. The maximum atomic E-state index is 13.6. The first-order valence-electron chi connectivity index (χ1n) is 43.3. The van der Waals surface area contributed by atoms with E-state index in [4.69, 9.17) is 20.9 Å². The molecule has 0 radical (unpaired) electrons. The number of hydrogen-bond donors (Lipinski definition) is 3. The van der Waals surface area contributed by atoms with Crippen LogP contribution in [0.15, 0.2) is 130 Å². The molecule has 2 atom stereocenters. The summed E-state index contributed by atoms with van der Waals surface area (Å²) in [5.74, 6) is -4.50. The van der Waals surface area contributed by atoms with E-state index in [1.165, 1.54) is 109 Å². The van der Waals surface area contributed by atoms with E-state index in [2.05, 4.69) is 173 Å². The number of carbonyl (C=O) groups excluding carboxylic acids is 5. The Balaban J connectivity index is 0.000000494. The second kappa shape index (κ2) is 54.7. The molecule has 6 heterocycles. The van der Waals surface area contributed by atoms with E-state index in [1.54, 1.807) is 48.5 Å². The Hall–Kier alpha value is -6.38. The van der Waals surface area contributed by atoms with E-state index >= 15 is 0 Å². The Morgan fingerprint density at radius 1 is 0.648 bits per heavy atom. The number of rotatable bonds is 27. The van der Waals surface area contributed by atoms with Gasteiger partial charge in [0.15, 0.2) is 22.8 Å². The molecule has 0 aromatic heterocycles. The predicted molar refractivity (Wildman–Crippen MR) is 489 cm³/mol. The van der Waals surface area contributed by atoms with E-state index in [-0.39, 0.29) is 32.9 Å². The quantitative estimate of drug-likeness (QED) is 0.0110. The van der Waals surface area contributed by atoms with Crippen LogP contribution in [-0.2, 0) is 116 Å². The van der Waals surface area contributed by atoms with Crippen molar-refractivity contribution < 1.29 is 133 Å². The molecule has 2 amide bonds. The van der Waals surface area contributed by atoms with Crippen LogP contribution in [-0.4, -0.2) is 194 Å². The first-order valence-corrected chi connectivity index (χ1v) is 53.1. The number of hydrogen-bond acceptors (Lipinski definition) is 19. The number of Topliss-reactive ketones (excluding diaryl/α,β-unsaturated/α-hetero) is 2. The van der Waals surface area contributed by atoms with Crippen LogP contribution >= 0.6 is 18.8 Å². The fourth-order valence-electron chi connectivity index (χ4n) is 15.8. The summed E-state index contributed by atoms with van der Waals surface area (Å²) in [6.45, 7) is 43.0. The molecule has 2 fully saturated rings. The zero-order chi connectivity index (χ0) is 97.0. The van der Waals surface area contributed by atoms with E-state index in [9.17, 15) is 76.1 Å². The number of halogens is 5. The van der Waals surface area contributed by atoms with Gasteiger partial charge >= 0.3 is 68.5 Å². The number of benzene rings is 5. The minimum atomic E-state index is -5.89. The van der Waals surface area contributed by atoms with E-state index in [0.29, 0.717) is 51.8 Å². The Morgan fingerprint density at radius 2 is 1.13 bits per heavy atom. The molecule has 0 bridgehead atoms. The summed E-state index contributed by atoms with van der Waals surface area (Å²) < 4.78 is 165. The van der Waals surface area contributed by atoms with Gasteiger partial charge < -0.3 is 78.7 Å². The summed E-state index contributed by atoms with van der Waals surface area (Å²) in [5.41, 5.74) is 14.9. The molecule has 25 nitrogen and oxygen atoms in total. The Kier molecular flexibility index (Phi) is 49.5. The number of aryl methyl sites for hydroxylation is 1. The number of nitrogens with one attached hydrogen (secondary N) is 5. The van der Waals surface area contributed by atoms with Crippen LogP contribution in [0.4, 0.5) is 24.5 Å². The molecule has 2 unspecified atom stereocenters. The van der Waals surface area contributed by atoms with Crippen molar-refractivity contribution in [1.29, 1.82) is 0 Å². The number of piperazine rings is 2. The molecular formula is C93H131Cl2F3N9O16Pt2S3-5. The Bertz CT molecular complexity index is 4970. The van der Waals surface area contributed by atoms with Crippen molar-refractivity contribution in [2.24, 2.45) is 11.8 Å². The third kappa shape index (κ3) is 31.1. The molecule has 1 spiro atoms. The third-order valence-electron chi connectivity index (χ3n) is 23.6. The topological polar surface area (TPSA) is 364 Å². The molecule has 5 aromatic carbocycles. The number of ketones is 2. The van der Waals surface area contributed by atoms with E-state index < -0.39 is 127 Å². The summed E-state index contributed by atoms with van der Waals surface area (Å²) in [7, 11) is -0.539. The fourth-order valence-corrected chi connectivity index (χ4v) is 18.0. The van der Waals surface area contributed by atoms with E-state index in [1.807, 2.05) is 37.9 Å². The first-order chi connectivity index (χ1) is 60.3. The van der Waals surface area contributed by atoms with Crippen molar-refractivity contribution in [3.63, 3.8) is 0 Å². The summed E-state index contributed by atoms with van der Waals surface area (Å²) >= 11 is 3.22. The molecule has 6 aliphatic rings. The van der Waals surface area contributed by atoms with Crippen molar-refractivity contribution in [1.82, 2.24) is 20.4 Å². The SMILES string of the molecule is CC(=O)Cc1ccc2c(c1S(=O)(=O)[O-])Oc1c(ccc(CC(=O)C(F)(F)F)c1S(=O)(=O)[O-])C21OC(=O)c2cc(C(=O)N3CCNCC3)ccc21.CCC(CC)CC.CCC(CC)CC.CC[NH+](C)CC.Cc1ccc2c(c1)C(C)(CCCCCC(=O)N1CCNCC1)\C(=C/C=C/C=C/C1=[N+](C)c3ccc(S(=O)(=O)[O-])cc3C1(C)C)N2C.[CH2-]CC[NH-].[CH2-]CC[NH-].[Cl][Pt].[Cl][Pt]. The Morgan fingerprint density at radius 3 is 1.57 bits per heavy atom. The van der Waals surface area contributed by atoms with Crippen LogP contribution in [0.1, 0.15) is 232 Å². The number of unbranched alkanes of at least 4 members (excludes halogenated alkanes) is 2. The van der Waals surface area contributed by atoms with Crippen molar-refractivity contribution >= 4 is 95.6 Å². The summed E-state index contributed by atoms with van der Waals surface area (Å²) in [6.07, 6.45) is 16.8. The zero-order valence-corrected chi connectivity index (χ0v) is 85.1. The molecule has 0 aliphatic carbocycles. The van der Waals surface area contributed by atoms with Crippen LogP contribution in [0.5, 0.6) is 11.5 Å². The standard InChI is InChI=1S/C37H48N4O4S.C31H25F3N2O12S2.2C7H16.C5H13N.2C3H7N.2ClH.2Pt/c1-27-16-18-32-30(25-27)37(4,20-12-8-11-15-35(42)41-23-21-38-22-24-41)34(40(32)6)14-10-7-9-13-33-36(2,3)29-26-28(46(43,44)45)17-19-31(29)39(33)5;1-15(37)12-16-2-6-21-24(26(16)49(41,42)43)47-25-22(7-3-17(27(25)50(44,45)46)14-23(38)31(32,33)34)30(21)20-5-4-18(13-19(20)29(40)48-30)28(39)36-10-8-35-9-11-36;2*1-4-7(5-2)6-3;1-4-6(3)5-2;2*1-2-3-4;;;;/h7,9-10,13-14,16-19,25-26,38H,8,11-12,15,20-24H2,1-6H3;2-7,13,35H,8-12,14H2,1H3,(H,41,42,43)(H,44,45,46);2*7H,4-6H2,1-3H3;4-5H2,1-3H3;2*4H,1-3H2;2*1H;;/q;;;;;2*-2;;;2*+1/p-3. The summed E-state index contributed by atoms with van der Waals surface area (Å²) in [5, 5.41) is 6.40. The molecule has 11 rings (SSSR count). The fraction of sp³-hybridized carbons (Fsp3) is 0.527. The molecule has 6 aliphatic heterocycles. The number of allylic oxidation sites excluding steroid dienone is 6. The maximum absolute atomic E-state index is 13.6. The molecule has 5 N–H and O–H groups in total. The van der Waals surface area contributed by atoms with Gasteiger partial charge in [-0.1, -0.05) is 159 Å². The van der Waals surface area contributed by atoms with Crippen LogP contribution < -0.4 is 25.2 Å². The van der Waals surface area contributed by atoms with Crippen molar-refractivity contribution in [3.8, 4) is 11.5 Å². The van der Waals surface area contributed by atoms with Gasteiger partial charge in [-0.3, -0.25) is 19.2 Å². The molecule has 2 saturated heterocycles. The van der Waals surface area contributed by atoms with Gasteiger partial charge in [-0.25, -0.2) is 42.9 Å². The Labute approximate surface area is 789 Å². The molecule has 722 valence electrons. The number of alkyl halides is 3. The second-order valence-corrected chi connectivity index (χ2v) is 36.4. The van der Waals surface area contributed by atoms with Crippen LogP contribution in [0, 0.1) is 32.6 Å². The van der Waals surface area contributed by atoms with Gasteiger partial charge in [-0.15, -0.1) is 0 Å². The van der Waals surface area contributed by atoms with Crippen LogP contribution in [0.25, 0.3) is 11.5 Å². The zero-order valence-electron chi connectivity index (χ0n) is 76.6. The average Bonchev–Trinajstić information content (AvgIpc) is 1.45. The number of anilines is 1. The van der Waals surface area contributed by atoms with Crippen molar-refractivity contribution in [3.05, 3.63) is 196 Å². The van der Waals surface area contributed by atoms with Crippen LogP contribution in [0.3, 0.4) is 0 Å². The van der Waals surface area contributed by atoms with E-state index in [0.717, 1.165) is 119 Å². The molecule has 128 heavy (non-hydrogen) atoms. The third-order valence-corrected chi connectivity index (χ3v) is 26.3. The minimum absolute atomic E-state index is 0.0376. The van der Waals surface area contributed by atoms with Gasteiger partial charge in [-0.05, 0) is 126 Å². The first kappa shape index (κ1) is 116. The number of fused-ring (bicyclic) bond motifs is 8. The summed E-state index contributed by atoms with van der Waals surface area (Å²) in [4.78, 5) is 68.0. The van der Waals surface area contributed by atoms with Gasteiger partial charge in [0, 0.05) is 135 Å². The molecule has 0 saturated carbocycles. The number of ether oxygens (including phenoxy) is 2. The number of amides is 2. The number of likely N-dealkylation sites (N-methyl/N-ethyl adjacent to an activating group) is 1. The van der Waals surface area contributed by atoms with Gasteiger partial charge in [0.25, 0.3) is 5.91 Å². The van der Waals surface area contributed by atoms with Gasteiger partial charge in [0.2, 0.25) is 17.4 Å². The van der Waals surface area contributed by atoms with Crippen LogP contribution in [0.2, 0.25) is 0 Å². The monoisotopic (exact) mass is 2240 g/mol.